The van der Waals surface area contributed by atoms with Crippen LogP contribution in [0, 0.1) is 12.7 Å². The molecule has 0 aliphatic rings. The normalized spacial score (nSPS) is 10.7. The monoisotopic (exact) mass is 260 g/mol. The average molecular weight is 260 g/mol. The lowest BCUT2D eigenvalue weighted by Crippen LogP contribution is -2.01. The van der Waals surface area contributed by atoms with Gasteiger partial charge < -0.3 is 0 Å². The highest BCUT2D eigenvalue weighted by Crippen LogP contribution is 2.27. The fourth-order valence-corrected chi connectivity index (χ4v) is 2.10. The average Bonchev–Trinajstić information content (AvgIpc) is 2.72. The Balaban J connectivity index is 2.52. The van der Waals surface area contributed by atoms with E-state index in [1.165, 1.54) is 19.1 Å². The van der Waals surface area contributed by atoms with Crippen LogP contribution in [0.15, 0.2) is 24.4 Å². The number of Topliss-reactive ketones (excluding diaryl/α,β-unsaturated/α-hetero) is 1. The zero-order chi connectivity index (χ0) is 14.0. The summed E-state index contributed by atoms with van der Waals surface area (Å²) in [4.78, 5) is 11.4. The Morgan fingerprint density at radius 3 is 2.74 bits per heavy atom. The van der Waals surface area contributed by atoms with Gasteiger partial charge in [-0.25, -0.2) is 4.39 Å². The maximum Gasteiger partial charge on any atom is 0.159 e. The summed E-state index contributed by atoms with van der Waals surface area (Å²) in [5.74, 6) is -0.399. The first-order valence-corrected chi connectivity index (χ1v) is 6.37. The number of benzene rings is 1. The van der Waals surface area contributed by atoms with Crippen LogP contribution in [0.5, 0.6) is 0 Å². The van der Waals surface area contributed by atoms with Crippen LogP contribution >= 0.6 is 0 Å². The fraction of sp³-hybridized carbons (Fsp3) is 0.333. The van der Waals surface area contributed by atoms with Crippen LogP contribution in [0.3, 0.4) is 0 Å². The minimum Gasteiger partial charge on any atom is -0.295 e. The van der Waals surface area contributed by atoms with E-state index in [2.05, 4.69) is 12.0 Å². The number of rotatable bonds is 4. The van der Waals surface area contributed by atoms with Crippen LogP contribution in [0.2, 0.25) is 0 Å². The molecule has 0 bridgehead atoms. The van der Waals surface area contributed by atoms with Gasteiger partial charge in [0, 0.05) is 28.9 Å². The highest BCUT2D eigenvalue weighted by molar-refractivity contribution is 5.95. The van der Waals surface area contributed by atoms with Crippen LogP contribution in [-0.4, -0.2) is 15.6 Å². The predicted octanol–water partition coefficient (Wildman–Crippen LogP) is 3.61. The Labute approximate surface area is 112 Å². The lowest BCUT2D eigenvalue weighted by molar-refractivity contribution is 0.101. The Bertz CT molecular complexity index is 617. The van der Waals surface area contributed by atoms with E-state index in [1.54, 1.807) is 12.3 Å². The molecular weight excluding hydrogens is 243 g/mol. The number of nitrogens with zero attached hydrogens (tertiary/aromatic N) is 2. The molecule has 1 heterocycles. The van der Waals surface area contributed by atoms with Gasteiger partial charge in [0.2, 0.25) is 0 Å². The number of carbonyl (C=O) groups is 1. The van der Waals surface area contributed by atoms with Gasteiger partial charge in [0.05, 0.1) is 6.20 Å². The van der Waals surface area contributed by atoms with Crippen molar-refractivity contribution < 1.29 is 9.18 Å². The molecule has 0 atom stereocenters. The van der Waals surface area contributed by atoms with E-state index in [-0.39, 0.29) is 11.6 Å². The summed E-state index contributed by atoms with van der Waals surface area (Å²) >= 11 is 0. The third-order valence-corrected chi connectivity index (χ3v) is 3.20. The molecule has 19 heavy (non-hydrogen) atoms. The smallest absolute Gasteiger partial charge is 0.159 e. The van der Waals surface area contributed by atoms with Crippen molar-refractivity contribution in [1.29, 1.82) is 0 Å². The topological polar surface area (TPSA) is 34.9 Å². The molecule has 0 unspecified atom stereocenters. The summed E-state index contributed by atoms with van der Waals surface area (Å²) < 4.78 is 15.8. The minimum absolute atomic E-state index is 0.0696. The SMILES string of the molecule is CCCn1ncc(-c2cc(C(C)=O)ccc2F)c1C. The summed E-state index contributed by atoms with van der Waals surface area (Å²) in [5, 5.41) is 4.26. The summed E-state index contributed by atoms with van der Waals surface area (Å²) in [5.41, 5.74) is 2.61. The third-order valence-electron chi connectivity index (χ3n) is 3.20. The molecule has 0 saturated heterocycles. The lowest BCUT2D eigenvalue weighted by Gasteiger charge is -2.06. The molecule has 0 aliphatic heterocycles. The summed E-state index contributed by atoms with van der Waals surface area (Å²) in [6.07, 6.45) is 2.63. The second kappa shape index (κ2) is 5.34. The van der Waals surface area contributed by atoms with E-state index in [1.807, 2.05) is 11.6 Å². The lowest BCUT2D eigenvalue weighted by atomic mass is 10.0. The van der Waals surface area contributed by atoms with Gasteiger partial charge in [-0.1, -0.05) is 6.92 Å². The number of hydrogen-bond acceptors (Lipinski definition) is 2. The number of aromatic nitrogens is 2. The molecule has 0 radical (unpaired) electrons. The molecule has 3 nitrogen and oxygen atoms in total. The van der Waals surface area contributed by atoms with Crippen molar-refractivity contribution in [3.63, 3.8) is 0 Å². The number of aryl methyl sites for hydroxylation is 1. The van der Waals surface area contributed by atoms with Gasteiger partial charge in [0.1, 0.15) is 5.82 Å². The van der Waals surface area contributed by atoms with Gasteiger partial charge >= 0.3 is 0 Å². The maximum atomic E-state index is 13.9. The Kier molecular flexibility index (Phi) is 3.79. The van der Waals surface area contributed by atoms with E-state index in [4.69, 9.17) is 0 Å². The van der Waals surface area contributed by atoms with Gasteiger partial charge in [0.15, 0.2) is 5.78 Å². The highest BCUT2D eigenvalue weighted by atomic mass is 19.1. The van der Waals surface area contributed by atoms with E-state index in [0.29, 0.717) is 11.1 Å². The van der Waals surface area contributed by atoms with Crippen molar-refractivity contribution in [3.05, 3.63) is 41.5 Å². The molecule has 2 rings (SSSR count). The van der Waals surface area contributed by atoms with E-state index in [9.17, 15) is 9.18 Å². The zero-order valence-electron chi connectivity index (χ0n) is 11.4. The number of halogens is 1. The number of hydrogen-bond donors (Lipinski definition) is 0. The number of carbonyl (C=O) groups excluding carboxylic acids is 1. The van der Waals surface area contributed by atoms with E-state index >= 15 is 0 Å². The second-order valence-corrected chi connectivity index (χ2v) is 4.62. The molecular formula is C15H17FN2O. The first kappa shape index (κ1) is 13.5. The van der Waals surface area contributed by atoms with E-state index in [0.717, 1.165) is 24.2 Å². The van der Waals surface area contributed by atoms with Crippen LogP contribution in [0.1, 0.15) is 36.3 Å². The Hall–Kier alpha value is -1.97. The molecule has 4 heteroatoms. The summed E-state index contributed by atoms with van der Waals surface area (Å²) in [6.45, 7) is 6.26. The molecule has 0 spiro atoms. The highest BCUT2D eigenvalue weighted by Gasteiger charge is 2.14. The molecule has 0 aliphatic carbocycles. The van der Waals surface area contributed by atoms with Gasteiger partial charge in [-0.05, 0) is 38.5 Å². The van der Waals surface area contributed by atoms with Crippen molar-refractivity contribution >= 4 is 5.78 Å². The molecule has 0 fully saturated rings. The maximum absolute atomic E-state index is 13.9. The van der Waals surface area contributed by atoms with Crippen molar-refractivity contribution in [2.24, 2.45) is 0 Å². The molecule has 0 amide bonds. The molecule has 0 saturated carbocycles. The molecule has 0 N–H and O–H groups in total. The third kappa shape index (κ3) is 2.57. The van der Waals surface area contributed by atoms with Gasteiger partial charge in [-0.15, -0.1) is 0 Å². The first-order chi connectivity index (χ1) is 9.04. The Morgan fingerprint density at radius 2 is 2.11 bits per heavy atom. The molecule has 100 valence electrons. The van der Waals surface area contributed by atoms with Gasteiger partial charge in [0.25, 0.3) is 0 Å². The predicted molar refractivity (Wildman–Crippen MR) is 72.7 cm³/mol. The quantitative estimate of drug-likeness (QED) is 0.787. The second-order valence-electron chi connectivity index (χ2n) is 4.62. The Morgan fingerprint density at radius 1 is 1.37 bits per heavy atom. The summed E-state index contributed by atoms with van der Waals surface area (Å²) in [6, 6.07) is 4.44. The van der Waals surface area contributed by atoms with Crippen LogP contribution < -0.4 is 0 Å². The van der Waals surface area contributed by atoms with Gasteiger partial charge in [-0.2, -0.15) is 5.10 Å². The first-order valence-electron chi connectivity index (χ1n) is 6.37. The minimum atomic E-state index is -0.329. The molecule has 1 aromatic carbocycles. The number of ketones is 1. The largest absolute Gasteiger partial charge is 0.295 e. The molecule has 1 aromatic heterocycles. The van der Waals surface area contributed by atoms with E-state index < -0.39 is 0 Å². The van der Waals surface area contributed by atoms with Gasteiger partial charge in [-0.3, -0.25) is 9.48 Å². The van der Waals surface area contributed by atoms with Crippen molar-refractivity contribution in [1.82, 2.24) is 9.78 Å². The van der Waals surface area contributed by atoms with Crippen molar-refractivity contribution in [3.8, 4) is 11.1 Å². The van der Waals surface area contributed by atoms with Crippen LogP contribution in [0.4, 0.5) is 4.39 Å². The zero-order valence-corrected chi connectivity index (χ0v) is 11.4. The van der Waals surface area contributed by atoms with Crippen LogP contribution in [0.25, 0.3) is 11.1 Å². The fourth-order valence-electron chi connectivity index (χ4n) is 2.10. The van der Waals surface area contributed by atoms with Crippen molar-refractivity contribution in [2.75, 3.05) is 0 Å². The standard InChI is InChI=1S/C15H17FN2O/c1-4-7-18-10(2)14(9-17-18)13-8-12(11(3)19)5-6-15(13)16/h5-6,8-9H,4,7H2,1-3H3. The summed E-state index contributed by atoms with van der Waals surface area (Å²) in [7, 11) is 0. The molecule has 2 aromatic rings. The van der Waals surface area contributed by atoms with Crippen molar-refractivity contribution in [2.45, 2.75) is 33.7 Å². The van der Waals surface area contributed by atoms with Crippen LogP contribution in [-0.2, 0) is 6.54 Å².